The smallest absolute Gasteiger partial charge is 0.266 e. The van der Waals surface area contributed by atoms with Crippen molar-refractivity contribution in [2.45, 2.75) is 6.92 Å². The Morgan fingerprint density at radius 2 is 1.59 bits per heavy atom. The molecule has 0 amide bonds. The van der Waals surface area contributed by atoms with Crippen molar-refractivity contribution >= 4 is 23.1 Å². The lowest BCUT2D eigenvalue weighted by atomic mass is 10.1. The molecule has 4 nitrogen and oxygen atoms in total. The molecule has 0 radical (unpaired) electrons. The molecule has 1 N–H and O–H groups in total. The third kappa shape index (κ3) is 3.13. The Labute approximate surface area is 156 Å². The zero-order valence-electron chi connectivity index (χ0n) is 14.8. The fraction of sp³-hybridized carbons (Fsp3) is 0.0435. The molecule has 4 rings (SSSR count). The van der Waals surface area contributed by atoms with Crippen LogP contribution in [0.1, 0.15) is 17.0 Å². The van der Waals surface area contributed by atoms with Crippen LogP contribution in [-0.2, 0) is 0 Å². The van der Waals surface area contributed by atoms with Crippen molar-refractivity contribution in [2.75, 3.05) is 0 Å². The maximum atomic E-state index is 13.2. The molecule has 0 bridgehead atoms. The van der Waals surface area contributed by atoms with Gasteiger partial charge in [-0.3, -0.25) is 9.36 Å². The Morgan fingerprint density at radius 1 is 0.889 bits per heavy atom. The highest BCUT2D eigenvalue weighted by Gasteiger charge is 2.12. The molecule has 0 atom stereocenters. The largest absolute Gasteiger partial charge is 0.507 e. The monoisotopic (exact) mass is 354 g/mol. The van der Waals surface area contributed by atoms with Gasteiger partial charge in [0.1, 0.15) is 11.6 Å². The lowest BCUT2D eigenvalue weighted by Crippen LogP contribution is -2.23. The van der Waals surface area contributed by atoms with Gasteiger partial charge < -0.3 is 5.11 Å². The third-order valence-corrected chi connectivity index (χ3v) is 4.51. The first-order valence-electron chi connectivity index (χ1n) is 8.69. The Hall–Kier alpha value is -3.66. The van der Waals surface area contributed by atoms with E-state index in [4.69, 9.17) is 4.98 Å². The summed E-state index contributed by atoms with van der Waals surface area (Å²) in [6, 6.07) is 22.1. The minimum atomic E-state index is -0.119. The van der Waals surface area contributed by atoms with E-state index in [2.05, 4.69) is 0 Å². The number of fused-ring (bicyclic) bond motifs is 1. The Balaban J connectivity index is 1.99. The topological polar surface area (TPSA) is 55.1 Å². The zero-order valence-corrected chi connectivity index (χ0v) is 14.8. The molecule has 4 aromatic rings. The van der Waals surface area contributed by atoms with Crippen molar-refractivity contribution in [1.29, 1.82) is 0 Å². The van der Waals surface area contributed by atoms with Gasteiger partial charge in [-0.2, -0.15) is 0 Å². The Morgan fingerprint density at radius 3 is 2.41 bits per heavy atom. The molecule has 0 saturated heterocycles. The summed E-state index contributed by atoms with van der Waals surface area (Å²) < 4.78 is 1.62. The molecular formula is C23H18N2O2. The number of rotatable bonds is 3. The molecule has 0 spiro atoms. The average Bonchev–Trinajstić information content (AvgIpc) is 2.68. The highest BCUT2D eigenvalue weighted by molar-refractivity contribution is 5.80. The zero-order chi connectivity index (χ0) is 18.8. The fourth-order valence-corrected chi connectivity index (χ4v) is 3.10. The molecule has 132 valence electrons. The summed E-state index contributed by atoms with van der Waals surface area (Å²) in [5.74, 6) is 0.690. The number of phenolic OH excluding ortho intramolecular Hbond substituents is 1. The van der Waals surface area contributed by atoms with E-state index in [9.17, 15) is 9.90 Å². The molecule has 0 fully saturated rings. The van der Waals surface area contributed by atoms with Gasteiger partial charge in [-0.25, -0.2) is 4.98 Å². The first-order valence-corrected chi connectivity index (χ1v) is 8.69. The minimum absolute atomic E-state index is 0.119. The number of nitrogens with zero attached hydrogens (tertiary/aromatic N) is 2. The summed E-state index contributed by atoms with van der Waals surface area (Å²) in [5, 5.41) is 10.6. The van der Waals surface area contributed by atoms with Gasteiger partial charge in [0.15, 0.2) is 0 Å². The van der Waals surface area contributed by atoms with E-state index in [-0.39, 0.29) is 11.3 Å². The quantitative estimate of drug-likeness (QED) is 0.586. The van der Waals surface area contributed by atoms with E-state index < -0.39 is 0 Å². The number of phenols is 1. The molecule has 0 unspecified atom stereocenters. The van der Waals surface area contributed by atoms with Crippen LogP contribution in [0.25, 0.3) is 28.7 Å². The van der Waals surface area contributed by atoms with Crippen LogP contribution in [0.2, 0.25) is 0 Å². The number of aromatic nitrogens is 2. The molecular weight excluding hydrogens is 336 g/mol. The second-order valence-corrected chi connectivity index (χ2v) is 6.31. The van der Waals surface area contributed by atoms with Crippen LogP contribution in [0, 0.1) is 6.92 Å². The van der Waals surface area contributed by atoms with Gasteiger partial charge in [0.2, 0.25) is 0 Å². The van der Waals surface area contributed by atoms with Crippen molar-refractivity contribution in [3.8, 4) is 11.4 Å². The standard InChI is InChI=1S/C23H18N2O2/c1-16-8-2-6-12-20(16)25-22(15-14-17-9-3-7-13-21(17)26)24-19-11-5-4-10-18(19)23(25)27/h2-15,26H,1H3/b15-14+. The fourth-order valence-electron chi connectivity index (χ4n) is 3.10. The summed E-state index contributed by atoms with van der Waals surface area (Å²) in [5.41, 5.74) is 2.96. The highest BCUT2D eigenvalue weighted by Crippen LogP contribution is 2.21. The van der Waals surface area contributed by atoms with Gasteiger partial charge >= 0.3 is 0 Å². The second kappa shape index (κ2) is 6.92. The Bertz CT molecular complexity index is 1220. The molecule has 0 aliphatic carbocycles. The van der Waals surface area contributed by atoms with E-state index >= 15 is 0 Å². The molecule has 0 saturated carbocycles. The number of para-hydroxylation sites is 3. The van der Waals surface area contributed by atoms with E-state index in [1.54, 1.807) is 34.9 Å². The van der Waals surface area contributed by atoms with Crippen LogP contribution in [0.5, 0.6) is 5.75 Å². The number of hydrogen-bond acceptors (Lipinski definition) is 3. The predicted octanol–water partition coefficient (Wildman–Crippen LogP) is 4.57. The molecule has 1 heterocycles. The molecule has 27 heavy (non-hydrogen) atoms. The maximum Gasteiger partial charge on any atom is 0.266 e. The van der Waals surface area contributed by atoms with Crippen molar-refractivity contribution in [2.24, 2.45) is 0 Å². The van der Waals surface area contributed by atoms with E-state index in [1.807, 2.05) is 61.5 Å². The van der Waals surface area contributed by atoms with Crippen LogP contribution in [-0.4, -0.2) is 14.7 Å². The summed E-state index contributed by atoms with van der Waals surface area (Å²) >= 11 is 0. The van der Waals surface area contributed by atoms with Crippen LogP contribution in [0.15, 0.2) is 77.6 Å². The number of benzene rings is 3. The van der Waals surface area contributed by atoms with E-state index in [1.165, 1.54) is 0 Å². The van der Waals surface area contributed by atoms with E-state index in [0.29, 0.717) is 22.3 Å². The summed E-state index contributed by atoms with van der Waals surface area (Å²) in [6.07, 6.45) is 3.52. The van der Waals surface area contributed by atoms with Crippen LogP contribution >= 0.6 is 0 Å². The van der Waals surface area contributed by atoms with Crippen molar-refractivity contribution in [1.82, 2.24) is 9.55 Å². The molecule has 3 aromatic carbocycles. The summed E-state index contributed by atoms with van der Waals surface area (Å²) in [6.45, 7) is 1.97. The predicted molar refractivity (Wildman–Crippen MR) is 109 cm³/mol. The normalized spacial score (nSPS) is 11.3. The summed E-state index contributed by atoms with van der Waals surface area (Å²) in [7, 11) is 0. The minimum Gasteiger partial charge on any atom is -0.507 e. The van der Waals surface area contributed by atoms with Crippen molar-refractivity contribution < 1.29 is 5.11 Å². The van der Waals surface area contributed by atoms with Gasteiger partial charge in [-0.15, -0.1) is 0 Å². The molecule has 4 heteroatoms. The van der Waals surface area contributed by atoms with Crippen LogP contribution < -0.4 is 5.56 Å². The summed E-state index contributed by atoms with van der Waals surface area (Å²) in [4.78, 5) is 17.9. The van der Waals surface area contributed by atoms with Crippen molar-refractivity contribution in [3.63, 3.8) is 0 Å². The van der Waals surface area contributed by atoms with E-state index in [0.717, 1.165) is 11.3 Å². The highest BCUT2D eigenvalue weighted by atomic mass is 16.3. The van der Waals surface area contributed by atoms with Crippen molar-refractivity contribution in [3.05, 3.63) is 100 Å². The van der Waals surface area contributed by atoms with Gasteiger partial charge in [0, 0.05) is 5.56 Å². The Kier molecular flexibility index (Phi) is 4.30. The molecule has 0 aliphatic rings. The maximum absolute atomic E-state index is 13.2. The number of aromatic hydroxyl groups is 1. The SMILES string of the molecule is Cc1ccccc1-n1c(/C=C/c2ccccc2O)nc2ccccc2c1=O. The average molecular weight is 354 g/mol. The second-order valence-electron chi connectivity index (χ2n) is 6.31. The van der Waals surface area contributed by atoms with Crippen LogP contribution in [0.4, 0.5) is 0 Å². The third-order valence-electron chi connectivity index (χ3n) is 4.51. The van der Waals surface area contributed by atoms with Gasteiger partial charge in [-0.05, 0) is 48.9 Å². The molecule has 0 aliphatic heterocycles. The van der Waals surface area contributed by atoms with Gasteiger partial charge in [0.25, 0.3) is 5.56 Å². The molecule has 1 aromatic heterocycles. The number of aryl methyl sites for hydroxylation is 1. The first kappa shape index (κ1) is 16.8. The van der Waals surface area contributed by atoms with Crippen LogP contribution in [0.3, 0.4) is 0 Å². The van der Waals surface area contributed by atoms with Gasteiger partial charge in [0.05, 0.1) is 16.6 Å². The lowest BCUT2D eigenvalue weighted by molar-refractivity contribution is 0.474. The van der Waals surface area contributed by atoms with Gasteiger partial charge in [-0.1, -0.05) is 48.5 Å². The first-order chi connectivity index (χ1) is 13.1. The number of hydrogen-bond donors (Lipinski definition) is 1. The lowest BCUT2D eigenvalue weighted by Gasteiger charge is -2.13.